The molecule has 0 spiro atoms. The molecule has 1 atom stereocenters. The van der Waals surface area contributed by atoms with Crippen molar-refractivity contribution in [3.05, 3.63) is 35.5 Å². The normalized spacial score (nSPS) is 13.4. The molecule has 0 aromatic heterocycles. The van der Waals surface area contributed by atoms with Crippen LogP contribution in [0.5, 0.6) is 0 Å². The molecule has 0 heterocycles. The highest BCUT2D eigenvalue weighted by atomic mass is 16.3. The summed E-state index contributed by atoms with van der Waals surface area (Å²) < 4.78 is 0. The Morgan fingerprint density at radius 3 is 2.25 bits per heavy atom. The first kappa shape index (κ1) is 15.2. The van der Waals surface area contributed by atoms with E-state index in [1.54, 1.807) is 0 Å². The van der Waals surface area contributed by atoms with E-state index in [4.69, 9.17) is 5.11 Å². The van der Waals surface area contributed by atoms with Crippen LogP contribution in [0.2, 0.25) is 0 Å². The topological polar surface area (TPSA) is 20.2 Å². The van der Waals surface area contributed by atoms with Crippen LogP contribution in [0, 0.1) is 5.92 Å². The van der Waals surface area contributed by atoms with Crippen molar-refractivity contribution >= 4 is 0 Å². The van der Waals surface area contributed by atoms with Gasteiger partial charge in [0.2, 0.25) is 0 Å². The molecule has 1 heteroatoms. The fourth-order valence-electron chi connectivity index (χ4n) is 1.47. The van der Waals surface area contributed by atoms with E-state index in [2.05, 4.69) is 39.5 Å². The second-order valence-corrected chi connectivity index (χ2v) is 4.83. The summed E-state index contributed by atoms with van der Waals surface area (Å²) in [6.45, 7) is 12.5. The number of hydrogen-bond acceptors (Lipinski definition) is 1. The highest BCUT2D eigenvalue weighted by Crippen LogP contribution is 2.16. The standard InChI is InChI=1S/C15H26O/c1-12(2)7-6-8-14(5)9-10-15(11-16)13(3)4/h7,9,15-16H,3,6,8,10-11H2,1-2,4-5H3/b14-9-/t15-/m0/s1. The predicted octanol–water partition coefficient (Wildman–Crippen LogP) is 4.25. The van der Waals surface area contributed by atoms with Crippen LogP contribution in [-0.2, 0) is 0 Å². The van der Waals surface area contributed by atoms with Gasteiger partial charge in [-0.2, -0.15) is 0 Å². The average Bonchev–Trinajstić information content (AvgIpc) is 2.17. The second kappa shape index (κ2) is 8.35. The molecule has 0 aromatic rings. The third-order valence-corrected chi connectivity index (χ3v) is 2.76. The van der Waals surface area contributed by atoms with Gasteiger partial charge in [0.05, 0.1) is 0 Å². The minimum atomic E-state index is 0.201. The summed E-state index contributed by atoms with van der Waals surface area (Å²) in [5.41, 5.74) is 3.84. The van der Waals surface area contributed by atoms with Gasteiger partial charge >= 0.3 is 0 Å². The number of aliphatic hydroxyl groups is 1. The van der Waals surface area contributed by atoms with Crippen LogP contribution in [0.4, 0.5) is 0 Å². The highest BCUT2D eigenvalue weighted by molar-refractivity contribution is 5.06. The van der Waals surface area contributed by atoms with Crippen LogP contribution < -0.4 is 0 Å². The Labute approximate surface area is 101 Å². The molecule has 0 radical (unpaired) electrons. The summed E-state index contributed by atoms with van der Waals surface area (Å²) in [4.78, 5) is 0. The minimum absolute atomic E-state index is 0.201. The quantitative estimate of drug-likeness (QED) is 0.638. The molecule has 16 heavy (non-hydrogen) atoms. The van der Waals surface area contributed by atoms with Crippen molar-refractivity contribution in [3.63, 3.8) is 0 Å². The fourth-order valence-corrected chi connectivity index (χ4v) is 1.47. The van der Waals surface area contributed by atoms with Crippen molar-refractivity contribution in [2.24, 2.45) is 5.92 Å². The molecule has 0 fully saturated rings. The number of aliphatic hydroxyl groups excluding tert-OH is 1. The van der Waals surface area contributed by atoms with Gasteiger partial charge in [-0.3, -0.25) is 0 Å². The fraction of sp³-hybridized carbons (Fsp3) is 0.600. The molecule has 0 saturated heterocycles. The van der Waals surface area contributed by atoms with E-state index >= 15 is 0 Å². The number of hydrogen-bond donors (Lipinski definition) is 1. The second-order valence-electron chi connectivity index (χ2n) is 4.83. The zero-order chi connectivity index (χ0) is 12.6. The Morgan fingerprint density at radius 1 is 1.19 bits per heavy atom. The van der Waals surface area contributed by atoms with Gasteiger partial charge in [0.15, 0.2) is 0 Å². The predicted molar refractivity (Wildman–Crippen MR) is 72.4 cm³/mol. The summed E-state index contributed by atoms with van der Waals surface area (Å²) in [5, 5.41) is 9.16. The largest absolute Gasteiger partial charge is 0.396 e. The molecular weight excluding hydrogens is 196 g/mol. The molecule has 0 aliphatic rings. The summed E-state index contributed by atoms with van der Waals surface area (Å²) >= 11 is 0. The molecule has 0 rings (SSSR count). The van der Waals surface area contributed by atoms with Crippen LogP contribution in [0.3, 0.4) is 0 Å². The van der Waals surface area contributed by atoms with Gasteiger partial charge in [-0.25, -0.2) is 0 Å². The van der Waals surface area contributed by atoms with Crippen molar-refractivity contribution in [2.45, 2.75) is 47.0 Å². The molecule has 0 amide bonds. The van der Waals surface area contributed by atoms with Gasteiger partial charge in [-0.05, 0) is 47.0 Å². The Hall–Kier alpha value is -0.820. The van der Waals surface area contributed by atoms with Crippen LogP contribution in [-0.4, -0.2) is 11.7 Å². The van der Waals surface area contributed by atoms with Crippen molar-refractivity contribution in [3.8, 4) is 0 Å². The van der Waals surface area contributed by atoms with Crippen molar-refractivity contribution in [1.82, 2.24) is 0 Å². The van der Waals surface area contributed by atoms with Crippen LogP contribution >= 0.6 is 0 Å². The molecule has 0 aliphatic heterocycles. The van der Waals surface area contributed by atoms with E-state index < -0.39 is 0 Å². The molecule has 1 N–H and O–H groups in total. The van der Waals surface area contributed by atoms with Crippen molar-refractivity contribution < 1.29 is 5.11 Å². The van der Waals surface area contributed by atoms with E-state index in [-0.39, 0.29) is 12.5 Å². The summed E-state index contributed by atoms with van der Waals surface area (Å²) in [7, 11) is 0. The maximum atomic E-state index is 9.16. The van der Waals surface area contributed by atoms with Crippen LogP contribution in [0.1, 0.15) is 47.0 Å². The molecular formula is C15H26O. The van der Waals surface area contributed by atoms with Gasteiger partial charge < -0.3 is 5.11 Å². The number of allylic oxidation sites excluding steroid dienone is 4. The maximum Gasteiger partial charge on any atom is 0.0499 e. The maximum absolute atomic E-state index is 9.16. The monoisotopic (exact) mass is 222 g/mol. The molecule has 0 saturated carbocycles. The van der Waals surface area contributed by atoms with Crippen molar-refractivity contribution in [1.29, 1.82) is 0 Å². The zero-order valence-corrected chi connectivity index (χ0v) is 11.2. The summed E-state index contributed by atoms with van der Waals surface area (Å²) in [6, 6.07) is 0. The van der Waals surface area contributed by atoms with E-state index in [0.717, 1.165) is 24.8 Å². The Bertz CT molecular complexity index is 267. The highest BCUT2D eigenvalue weighted by Gasteiger charge is 2.05. The lowest BCUT2D eigenvalue weighted by Crippen LogP contribution is -2.05. The van der Waals surface area contributed by atoms with E-state index in [0.29, 0.717) is 0 Å². The smallest absolute Gasteiger partial charge is 0.0499 e. The lowest BCUT2D eigenvalue weighted by Gasteiger charge is -2.11. The molecule has 0 aliphatic carbocycles. The average molecular weight is 222 g/mol. The van der Waals surface area contributed by atoms with Crippen LogP contribution in [0.25, 0.3) is 0 Å². The molecule has 1 nitrogen and oxygen atoms in total. The van der Waals surface area contributed by atoms with Gasteiger partial charge in [-0.15, -0.1) is 0 Å². The summed E-state index contributed by atoms with van der Waals surface area (Å²) in [6.07, 6.45) is 7.63. The van der Waals surface area contributed by atoms with Gasteiger partial charge in [0, 0.05) is 12.5 Å². The first-order chi connectivity index (χ1) is 7.47. The SMILES string of the molecule is C=C(C)[C@H](CO)C/C=C(/C)CCC=C(C)C. The van der Waals surface area contributed by atoms with E-state index in [9.17, 15) is 0 Å². The number of rotatable bonds is 7. The minimum Gasteiger partial charge on any atom is -0.396 e. The Balaban J connectivity index is 4.03. The third kappa shape index (κ3) is 7.47. The first-order valence-electron chi connectivity index (χ1n) is 6.02. The third-order valence-electron chi connectivity index (χ3n) is 2.76. The van der Waals surface area contributed by atoms with Gasteiger partial charge in [0.1, 0.15) is 0 Å². The van der Waals surface area contributed by atoms with Crippen LogP contribution in [0.15, 0.2) is 35.5 Å². The van der Waals surface area contributed by atoms with Gasteiger partial charge in [0.25, 0.3) is 0 Å². The lowest BCUT2D eigenvalue weighted by molar-refractivity contribution is 0.247. The van der Waals surface area contributed by atoms with Gasteiger partial charge in [-0.1, -0.05) is 35.5 Å². The van der Waals surface area contributed by atoms with E-state index in [1.807, 2.05) is 6.92 Å². The molecule has 0 bridgehead atoms. The molecule has 0 aromatic carbocycles. The molecule has 0 unspecified atom stereocenters. The van der Waals surface area contributed by atoms with Crippen molar-refractivity contribution in [2.75, 3.05) is 6.61 Å². The summed E-state index contributed by atoms with van der Waals surface area (Å²) in [5.74, 6) is 0.221. The first-order valence-corrected chi connectivity index (χ1v) is 6.02. The van der Waals surface area contributed by atoms with E-state index in [1.165, 1.54) is 11.1 Å². The lowest BCUT2D eigenvalue weighted by atomic mass is 9.97. The Kier molecular flexibility index (Phi) is 7.92. The zero-order valence-electron chi connectivity index (χ0n) is 11.2. The molecule has 92 valence electrons. The Morgan fingerprint density at radius 2 is 1.81 bits per heavy atom.